The molecule has 0 radical (unpaired) electrons. The minimum atomic E-state index is -1.49. The number of aliphatic hydroxyl groups is 1. The van der Waals surface area contributed by atoms with Crippen molar-refractivity contribution in [2.24, 2.45) is 23.5 Å². The number of rotatable bonds is 12. The number of carbonyl (C=O) groups is 6. The summed E-state index contributed by atoms with van der Waals surface area (Å²) < 4.78 is 6.07. The van der Waals surface area contributed by atoms with Gasteiger partial charge in [-0.3, -0.25) is 28.8 Å². The van der Waals surface area contributed by atoms with Gasteiger partial charge in [0.2, 0.25) is 29.5 Å². The van der Waals surface area contributed by atoms with Crippen LogP contribution in [0.25, 0.3) is 0 Å². The van der Waals surface area contributed by atoms with Crippen molar-refractivity contribution >= 4 is 35.5 Å². The normalized spacial score (nSPS) is 26.5. The van der Waals surface area contributed by atoms with E-state index in [0.717, 1.165) is 49.7 Å². The number of benzene rings is 1. The molecule has 7 atom stereocenters. The molecule has 5 amide bonds. The molecule has 7 N–H and O–H groups in total. The third kappa shape index (κ3) is 13.6. The number of cyclic esters (lactones) is 1. The predicted octanol–water partition coefficient (Wildman–Crippen LogP) is 2.41. The molecule has 2 fully saturated rings. The van der Waals surface area contributed by atoms with Crippen LogP contribution < -0.4 is 27.0 Å². The second-order valence-corrected chi connectivity index (χ2v) is 15.8. The molecule has 1 saturated heterocycles. The topological polar surface area (TPSA) is 209 Å². The van der Waals surface area contributed by atoms with E-state index in [1.54, 1.807) is 7.05 Å². The fourth-order valence-electron chi connectivity index (χ4n) is 7.62. The number of ether oxygens (including phenoxy) is 1. The zero-order valence-electron chi connectivity index (χ0n) is 33.7. The molecule has 1 aromatic rings. The summed E-state index contributed by atoms with van der Waals surface area (Å²) in [5, 5.41) is 21.1. The second-order valence-electron chi connectivity index (χ2n) is 15.8. The van der Waals surface area contributed by atoms with E-state index < -0.39 is 78.4 Å². The molecule has 308 valence electrons. The fraction of sp³-hybridized carbons (Fsp3) is 0.707. The van der Waals surface area contributed by atoms with Gasteiger partial charge in [-0.2, -0.15) is 0 Å². The summed E-state index contributed by atoms with van der Waals surface area (Å²) in [6.45, 7) is 8.31. The van der Waals surface area contributed by atoms with Crippen LogP contribution in [0.15, 0.2) is 24.3 Å². The van der Waals surface area contributed by atoms with E-state index in [4.69, 9.17) is 10.5 Å². The molecule has 14 heteroatoms. The van der Waals surface area contributed by atoms with E-state index in [1.807, 2.05) is 45.0 Å². The summed E-state index contributed by atoms with van der Waals surface area (Å²) in [5.74, 6) is -5.09. The zero-order chi connectivity index (χ0) is 40.7. The quantitative estimate of drug-likeness (QED) is 0.136. The van der Waals surface area contributed by atoms with Crippen molar-refractivity contribution in [1.82, 2.24) is 26.2 Å². The van der Waals surface area contributed by atoms with Crippen LogP contribution >= 0.6 is 0 Å². The number of likely N-dealkylation sites (N-methyl/N-ethyl adjacent to an activating group) is 1. The van der Waals surface area contributed by atoms with E-state index in [2.05, 4.69) is 28.2 Å². The number of aliphatic hydroxyl groups excluding tert-OH is 1. The molecule has 0 bridgehead atoms. The van der Waals surface area contributed by atoms with Crippen molar-refractivity contribution in [1.29, 1.82) is 0 Å². The van der Waals surface area contributed by atoms with Gasteiger partial charge in [0.15, 0.2) is 0 Å². The van der Waals surface area contributed by atoms with Gasteiger partial charge in [0.05, 0.1) is 12.0 Å². The summed E-state index contributed by atoms with van der Waals surface area (Å²) in [7, 11) is 1.58. The molecular weight excluding hydrogens is 704 g/mol. The molecule has 1 saturated carbocycles. The van der Waals surface area contributed by atoms with Gasteiger partial charge in [-0.05, 0) is 75.3 Å². The first-order valence-electron chi connectivity index (χ1n) is 20.3. The van der Waals surface area contributed by atoms with Crippen molar-refractivity contribution in [2.45, 2.75) is 148 Å². The largest absolute Gasteiger partial charge is 0.460 e. The highest BCUT2D eigenvalue weighted by atomic mass is 16.5. The van der Waals surface area contributed by atoms with Gasteiger partial charge in [0.25, 0.3) is 0 Å². The number of hydrogen-bond acceptors (Lipinski definition) is 9. The molecule has 0 spiro atoms. The van der Waals surface area contributed by atoms with E-state index in [9.17, 15) is 33.9 Å². The van der Waals surface area contributed by atoms with Gasteiger partial charge in [-0.1, -0.05) is 83.6 Å². The maximum Gasteiger partial charge on any atom is 0.325 e. The average molecular weight is 771 g/mol. The first-order chi connectivity index (χ1) is 26.2. The number of amides is 5. The van der Waals surface area contributed by atoms with Crippen LogP contribution in [-0.4, -0.2) is 102 Å². The van der Waals surface area contributed by atoms with Crippen LogP contribution in [-0.2, 0) is 39.9 Å². The van der Waals surface area contributed by atoms with Crippen molar-refractivity contribution in [3.63, 3.8) is 0 Å². The predicted molar refractivity (Wildman–Crippen MR) is 209 cm³/mol. The Morgan fingerprint density at radius 3 is 2.20 bits per heavy atom. The van der Waals surface area contributed by atoms with Crippen LogP contribution in [0.2, 0.25) is 0 Å². The molecule has 55 heavy (non-hydrogen) atoms. The molecule has 0 unspecified atom stereocenters. The van der Waals surface area contributed by atoms with E-state index in [1.165, 1.54) is 11.8 Å². The lowest BCUT2D eigenvalue weighted by atomic mass is 9.83. The lowest BCUT2D eigenvalue weighted by molar-refractivity contribution is -0.158. The number of unbranched alkanes of at least 4 members (excludes halogenated alkanes) is 3. The average Bonchev–Trinajstić information content (AvgIpc) is 3.16. The molecule has 1 aliphatic carbocycles. The van der Waals surface area contributed by atoms with Crippen molar-refractivity contribution in [2.75, 3.05) is 20.1 Å². The maximum absolute atomic E-state index is 14.9. The van der Waals surface area contributed by atoms with Crippen LogP contribution in [0.4, 0.5) is 0 Å². The molecule has 3 rings (SSSR count). The minimum Gasteiger partial charge on any atom is -0.460 e. The van der Waals surface area contributed by atoms with Crippen LogP contribution in [0.1, 0.15) is 109 Å². The van der Waals surface area contributed by atoms with Gasteiger partial charge >= 0.3 is 5.97 Å². The van der Waals surface area contributed by atoms with Crippen molar-refractivity contribution in [3.05, 3.63) is 35.4 Å². The van der Waals surface area contributed by atoms with Crippen molar-refractivity contribution in [3.8, 4) is 0 Å². The number of esters is 1. The Morgan fingerprint density at radius 2 is 1.58 bits per heavy atom. The van der Waals surface area contributed by atoms with Crippen molar-refractivity contribution < 1.29 is 38.6 Å². The highest BCUT2D eigenvalue weighted by Crippen LogP contribution is 2.29. The first kappa shape index (κ1) is 45.4. The Morgan fingerprint density at radius 1 is 0.891 bits per heavy atom. The monoisotopic (exact) mass is 770 g/mol. The van der Waals surface area contributed by atoms with Gasteiger partial charge < -0.3 is 41.7 Å². The number of carbonyl (C=O) groups excluding carboxylic acids is 6. The second kappa shape index (κ2) is 22.5. The molecule has 0 aromatic heterocycles. The third-order valence-electron chi connectivity index (χ3n) is 10.9. The highest BCUT2D eigenvalue weighted by Gasteiger charge is 2.41. The SMILES string of the molecule is CCCCCC[C@H]1OC(=O)CNC(=O)[C@H]([C@H](C)O)NC(=O)[C@H](CN)NC(=O)[C@H](C2CCCCC2)NC(=O)[C@H](CC(C)C)N(C)C(=O)[C@@H]1Cc1ccccc1C. The Kier molecular flexibility index (Phi) is 18.6. The van der Waals surface area contributed by atoms with Crippen LogP contribution in [0, 0.1) is 24.7 Å². The lowest BCUT2D eigenvalue weighted by Gasteiger charge is -2.36. The van der Waals surface area contributed by atoms with E-state index in [0.29, 0.717) is 32.1 Å². The Bertz CT molecular complexity index is 1450. The van der Waals surface area contributed by atoms with Gasteiger partial charge in [-0.25, -0.2) is 0 Å². The van der Waals surface area contributed by atoms with Crippen LogP contribution in [0.3, 0.4) is 0 Å². The zero-order valence-corrected chi connectivity index (χ0v) is 33.7. The summed E-state index contributed by atoms with van der Waals surface area (Å²) in [6.07, 6.45) is 6.14. The third-order valence-corrected chi connectivity index (χ3v) is 10.9. The van der Waals surface area contributed by atoms with E-state index in [-0.39, 0.29) is 30.7 Å². The Labute approximate surface area is 326 Å². The molecule has 1 aromatic carbocycles. The Balaban J connectivity index is 2.16. The maximum atomic E-state index is 14.9. The van der Waals surface area contributed by atoms with Gasteiger partial charge in [0, 0.05) is 13.6 Å². The molecule has 2 aliphatic rings. The first-order valence-corrected chi connectivity index (χ1v) is 20.3. The molecule has 1 aliphatic heterocycles. The smallest absolute Gasteiger partial charge is 0.325 e. The van der Waals surface area contributed by atoms with E-state index >= 15 is 0 Å². The fourth-order valence-corrected chi connectivity index (χ4v) is 7.62. The van der Waals surface area contributed by atoms with Crippen LogP contribution in [0.5, 0.6) is 0 Å². The molecule has 14 nitrogen and oxygen atoms in total. The van der Waals surface area contributed by atoms with Gasteiger partial charge in [0.1, 0.15) is 36.8 Å². The standard InChI is InChI=1S/C41H66N6O8/c1-7-8-9-13-20-33-30(22-29-19-15-14-16-26(29)4)41(54)47(6)32(21-25(2)3)38(51)46-36(28-17-11-10-12-18-28)40(53)44-31(23-42)37(50)45-35(27(5)48)39(52)43-24-34(49)55-33/h14-16,19,25,27-28,30-33,35-36,48H,7-13,17-18,20-24,42H2,1-6H3,(H,43,52)(H,44,53)(H,45,50)(H,46,51)/t27-,30+,31-,32-,33+,35-,36-/m0/s1. The summed E-state index contributed by atoms with van der Waals surface area (Å²) in [6, 6.07) is 2.88. The summed E-state index contributed by atoms with van der Waals surface area (Å²) in [4.78, 5) is 85.1. The van der Waals surface area contributed by atoms with Gasteiger partial charge in [-0.15, -0.1) is 0 Å². The number of nitrogens with zero attached hydrogens (tertiary/aromatic N) is 1. The Hall–Kier alpha value is -4.04. The molecule has 1 heterocycles. The molecular formula is C41H66N6O8. The number of nitrogens with one attached hydrogen (secondary N) is 4. The number of aryl methyl sites for hydroxylation is 1. The number of hydrogen-bond donors (Lipinski definition) is 6. The number of nitrogens with two attached hydrogens (primary N) is 1. The summed E-state index contributed by atoms with van der Waals surface area (Å²) >= 11 is 0. The summed E-state index contributed by atoms with van der Waals surface area (Å²) in [5.41, 5.74) is 7.78. The minimum absolute atomic E-state index is 0.0113. The lowest BCUT2D eigenvalue weighted by Crippen LogP contribution is -2.62. The highest BCUT2D eigenvalue weighted by molar-refractivity contribution is 5.96.